The van der Waals surface area contributed by atoms with Crippen LogP contribution in [0.5, 0.6) is 0 Å². The van der Waals surface area contributed by atoms with Crippen LogP contribution < -0.4 is 0 Å². The van der Waals surface area contributed by atoms with Gasteiger partial charge in [-0.1, -0.05) is 0 Å². The maximum atomic E-state index is 12.0. The number of rotatable bonds is 3. The standard InChI is InChI=1S/C13H18BrNO3S/c1-8-7-19-11(10(8)14)9(6-16)15(5)12(17)18-13(2,3)4/h6-7,9H,1-5H3. The summed E-state index contributed by atoms with van der Waals surface area (Å²) in [7, 11) is 1.56. The maximum Gasteiger partial charge on any atom is 0.410 e. The van der Waals surface area contributed by atoms with Crippen molar-refractivity contribution in [3.8, 4) is 0 Å². The van der Waals surface area contributed by atoms with Gasteiger partial charge < -0.3 is 9.53 Å². The lowest BCUT2D eigenvalue weighted by Gasteiger charge is -2.27. The summed E-state index contributed by atoms with van der Waals surface area (Å²) in [5, 5.41) is 1.94. The summed E-state index contributed by atoms with van der Waals surface area (Å²) in [5.74, 6) is 0. The number of hydrogen-bond acceptors (Lipinski definition) is 4. The number of hydrogen-bond donors (Lipinski definition) is 0. The zero-order chi connectivity index (χ0) is 14.8. The second-order valence-electron chi connectivity index (χ2n) is 5.27. The highest BCUT2D eigenvalue weighted by Gasteiger charge is 2.28. The Kier molecular flexibility index (Phi) is 5.15. The first-order chi connectivity index (χ1) is 8.67. The number of carbonyl (C=O) groups excluding carboxylic acids is 2. The average molecular weight is 348 g/mol. The summed E-state index contributed by atoms with van der Waals surface area (Å²) in [6, 6.07) is -0.636. The van der Waals surface area contributed by atoms with Crippen LogP contribution in [-0.2, 0) is 9.53 Å². The molecule has 0 aliphatic carbocycles. The minimum atomic E-state index is -0.636. The Morgan fingerprint density at radius 3 is 2.47 bits per heavy atom. The number of thiophene rings is 1. The summed E-state index contributed by atoms with van der Waals surface area (Å²) in [6.45, 7) is 7.32. The van der Waals surface area contributed by atoms with Crippen LogP contribution in [0.4, 0.5) is 4.79 Å². The predicted octanol–water partition coefficient (Wildman–Crippen LogP) is 3.93. The molecule has 0 bridgehead atoms. The van der Waals surface area contributed by atoms with Crippen molar-refractivity contribution in [1.29, 1.82) is 0 Å². The molecule has 1 amide bonds. The molecule has 0 aromatic carbocycles. The monoisotopic (exact) mass is 347 g/mol. The van der Waals surface area contributed by atoms with Gasteiger partial charge in [-0.25, -0.2) is 4.79 Å². The minimum absolute atomic E-state index is 0.512. The Hall–Kier alpha value is -0.880. The lowest BCUT2D eigenvalue weighted by Crippen LogP contribution is -2.37. The normalized spacial score (nSPS) is 12.9. The zero-order valence-corrected chi connectivity index (χ0v) is 14.1. The van der Waals surface area contributed by atoms with Crippen molar-refractivity contribution in [2.45, 2.75) is 39.3 Å². The highest BCUT2D eigenvalue weighted by molar-refractivity contribution is 9.10. The third kappa shape index (κ3) is 4.04. The number of amides is 1. The van der Waals surface area contributed by atoms with Gasteiger partial charge in [0.25, 0.3) is 0 Å². The summed E-state index contributed by atoms with van der Waals surface area (Å²) < 4.78 is 6.13. The van der Waals surface area contributed by atoms with Crippen molar-refractivity contribution < 1.29 is 14.3 Å². The Morgan fingerprint density at radius 2 is 2.11 bits per heavy atom. The van der Waals surface area contributed by atoms with Crippen molar-refractivity contribution in [3.63, 3.8) is 0 Å². The van der Waals surface area contributed by atoms with Crippen LogP contribution >= 0.6 is 27.3 Å². The van der Waals surface area contributed by atoms with Crippen molar-refractivity contribution in [3.05, 3.63) is 20.3 Å². The van der Waals surface area contributed by atoms with Crippen LogP contribution in [0.3, 0.4) is 0 Å². The van der Waals surface area contributed by atoms with E-state index in [2.05, 4.69) is 15.9 Å². The molecular weight excluding hydrogens is 330 g/mol. The van der Waals surface area contributed by atoms with E-state index in [4.69, 9.17) is 4.74 Å². The van der Waals surface area contributed by atoms with E-state index in [9.17, 15) is 9.59 Å². The Bertz CT molecular complexity index is 479. The van der Waals surface area contributed by atoms with Crippen LogP contribution in [0.1, 0.15) is 37.3 Å². The largest absolute Gasteiger partial charge is 0.444 e. The molecular formula is C13H18BrNO3S. The van der Waals surface area contributed by atoms with E-state index >= 15 is 0 Å². The number of likely N-dealkylation sites (N-methyl/N-ethyl adjacent to an activating group) is 1. The zero-order valence-electron chi connectivity index (χ0n) is 11.7. The fraction of sp³-hybridized carbons (Fsp3) is 0.538. The van der Waals surface area contributed by atoms with E-state index in [0.29, 0.717) is 0 Å². The topological polar surface area (TPSA) is 46.6 Å². The first-order valence-electron chi connectivity index (χ1n) is 5.82. The molecule has 0 saturated heterocycles. The number of aryl methyl sites for hydroxylation is 1. The van der Waals surface area contributed by atoms with Gasteiger partial charge in [-0.15, -0.1) is 11.3 Å². The van der Waals surface area contributed by atoms with Gasteiger partial charge in [0.05, 0.1) is 0 Å². The third-order valence-electron chi connectivity index (χ3n) is 2.42. The molecule has 0 aliphatic rings. The van der Waals surface area contributed by atoms with Crippen molar-refractivity contribution in [1.82, 2.24) is 4.90 Å². The van der Waals surface area contributed by atoms with Gasteiger partial charge in [-0.3, -0.25) is 4.90 Å². The van der Waals surface area contributed by atoms with E-state index in [0.717, 1.165) is 21.2 Å². The molecule has 1 atom stereocenters. The Labute approximate surface area is 125 Å². The number of nitrogens with zero attached hydrogens (tertiary/aromatic N) is 1. The molecule has 1 rings (SSSR count). The first kappa shape index (κ1) is 16.2. The summed E-state index contributed by atoms with van der Waals surface area (Å²) in [5.41, 5.74) is 0.464. The fourth-order valence-corrected chi connectivity index (χ4v) is 3.25. The van der Waals surface area contributed by atoms with Gasteiger partial charge in [0.2, 0.25) is 0 Å². The quantitative estimate of drug-likeness (QED) is 0.778. The molecule has 1 unspecified atom stereocenters. The molecule has 0 saturated carbocycles. The van der Waals surface area contributed by atoms with Gasteiger partial charge in [0.15, 0.2) is 0 Å². The fourth-order valence-electron chi connectivity index (χ4n) is 1.43. The molecule has 1 aromatic heterocycles. The van der Waals surface area contributed by atoms with E-state index < -0.39 is 17.7 Å². The summed E-state index contributed by atoms with van der Waals surface area (Å²) >= 11 is 4.89. The molecule has 1 heterocycles. The molecule has 0 radical (unpaired) electrons. The van der Waals surface area contributed by atoms with Gasteiger partial charge >= 0.3 is 6.09 Å². The predicted molar refractivity (Wildman–Crippen MR) is 79.6 cm³/mol. The van der Waals surface area contributed by atoms with Crippen molar-refractivity contribution in [2.24, 2.45) is 0 Å². The van der Waals surface area contributed by atoms with E-state index in [1.165, 1.54) is 16.2 Å². The highest BCUT2D eigenvalue weighted by atomic mass is 79.9. The molecule has 0 spiro atoms. The lowest BCUT2D eigenvalue weighted by molar-refractivity contribution is -0.112. The summed E-state index contributed by atoms with van der Waals surface area (Å²) in [6.07, 6.45) is 0.238. The van der Waals surface area contributed by atoms with Crippen LogP contribution in [0.15, 0.2) is 9.85 Å². The third-order valence-corrected chi connectivity index (χ3v) is 4.91. The molecule has 0 aliphatic heterocycles. The van der Waals surface area contributed by atoms with Gasteiger partial charge in [0.1, 0.15) is 17.9 Å². The molecule has 0 N–H and O–H groups in total. The second kappa shape index (κ2) is 6.05. The van der Waals surface area contributed by atoms with Gasteiger partial charge in [0, 0.05) is 16.4 Å². The van der Waals surface area contributed by atoms with Gasteiger partial charge in [-0.2, -0.15) is 0 Å². The number of aldehydes is 1. The van der Waals surface area contributed by atoms with Crippen molar-refractivity contribution in [2.75, 3.05) is 7.05 Å². The molecule has 106 valence electrons. The Morgan fingerprint density at radius 1 is 1.53 bits per heavy atom. The van der Waals surface area contributed by atoms with E-state index in [-0.39, 0.29) is 0 Å². The van der Waals surface area contributed by atoms with E-state index in [1.807, 2.05) is 12.3 Å². The van der Waals surface area contributed by atoms with Crippen LogP contribution in [-0.4, -0.2) is 29.9 Å². The number of halogens is 1. The second-order valence-corrected chi connectivity index (χ2v) is 6.97. The van der Waals surface area contributed by atoms with Crippen molar-refractivity contribution >= 4 is 39.6 Å². The van der Waals surface area contributed by atoms with Gasteiger partial charge in [-0.05, 0) is 54.6 Å². The Balaban J connectivity index is 2.95. The molecule has 0 fully saturated rings. The molecule has 4 nitrogen and oxygen atoms in total. The SMILES string of the molecule is Cc1csc(C(C=O)N(C)C(=O)OC(C)(C)C)c1Br. The van der Waals surface area contributed by atoms with Crippen LogP contribution in [0, 0.1) is 6.92 Å². The first-order valence-corrected chi connectivity index (χ1v) is 7.49. The summed E-state index contributed by atoms with van der Waals surface area (Å²) in [4.78, 5) is 25.4. The van der Waals surface area contributed by atoms with E-state index in [1.54, 1.807) is 27.8 Å². The molecule has 1 aromatic rings. The number of carbonyl (C=O) groups is 2. The minimum Gasteiger partial charge on any atom is -0.444 e. The maximum absolute atomic E-state index is 12.0. The smallest absolute Gasteiger partial charge is 0.410 e. The number of ether oxygens (including phenoxy) is 1. The highest BCUT2D eigenvalue weighted by Crippen LogP contribution is 2.34. The van der Waals surface area contributed by atoms with Crippen LogP contribution in [0.2, 0.25) is 0 Å². The van der Waals surface area contributed by atoms with Crippen LogP contribution in [0.25, 0.3) is 0 Å². The lowest BCUT2D eigenvalue weighted by atomic mass is 10.2. The average Bonchev–Trinajstić information content (AvgIpc) is 2.60. The molecule has 6 heteroatoms. The molecule has 19 heavy (non-hydrogen) atoms.